The zero-order valence-corrected chi connectivity index (χ0v) is 17.4. The smallest absolute Gasteiger partial charge is 0.118 e. The van der Waals surface area contributed by atoms with Gasteiger partial charge in [0, 0.05) is 32.8 Å². The van der Waals surface area contributed by atoms with Gasteiger partial charge < -0.3 is 9.15 Å². The number of furan rings is 1. The van der Waals surface area contributed by atoms with E-state index in [4.69, 9.17) is 9.15 Å². The average molecular weight is 383 g/mol. The summed E-state index contributed by atoms with van der Waals surface area (Å²) in [6.45, 7) is 8.23. The standard InChI is InChI=1S/C24H34N2O2/c1-19-9-10-24(28-19)18-25(12-13-27-2)16-20-6-5-11-26(17-20)23-14-21-7-3-4-8-22(21)15-23/h3-4,7-10,20,23H,5-6,11-18H2,1-2H3. The van der Waals surface area contributed by atoms with Crippen LogP contribution in [0.3, 0.4) is 0 Å². The molecule has 0 saturated carbocycles. The van der Waals surface area contributed by atoms with Gasteiger partial charge in [-0.05, 0) is 68.3 Å². The Morgan fingerprint density at radius 2 is 1.93 bits per heavy atom. The van der Waals surface area contributed by atoms with Crippen molar-refractivity contribution in [1.29, 1.82) is 0 Å². The molecule has 4 nitrogen and oxygen atoms in total. The van der Waals surface area contributed by atoms with Crippen molar-refractivity contribution in [2.24, 2.45) is 5.92 Å². The number of benzene rings is 1. The normalized spacial score (nSPS) is 20.8. The molecule has 0 amide bonds. The van der Waals surface area contributed by atoms with Crippen molar-refractivity contribution < 1.29 is 9.15 Å². The zero-order valence-electron chi connectivity index (χ0n) is 17.4. The van der Waals surface area contributed by atoms with Crippen LogP contribution in [0.5, 0.6) is 0 Å². The predicted octanol–water partition coefficient (Wildman–Crippen LogP) is 3.92. The van der Waals surface area contributed by atoms with Gasteiger partial charge in [-0.3, -0.25) is 9.80 Å². The van der Waals surface area contributed by atoms with Gasteiger partial charge in [0.25, 0.3) is 0 Å². The molecule has 0 radical (unpaired) electrons. The predicted molar refractivity (Wildman–Crippen MR) is 113 cm³/mol. The van der Waals surface area contributed by atoms with Crippen LogP contribution in [-0.2, 0) is 24.1 Å². The van der Waals surface area contributed by atoms with Crippen molar-refractivity contribution in [1.82, 2.24) is 9.80 Å². The highest BCUT2D eigenvalue weighted by atomic mass is 16.5. The quantitative estimate of drug-likeness (QED) is 0.692. The maximum Gasteiger partial charge on any atom is 0.118 e. The number of fused-ring (bicyclic) bond motifs is 1. The number of hydrogen-bond acceptors (Lipinski definition) is 4. The van der Waals surface area contributed by atoms with E-state index < -0.39 is 0 Å². The summed E-state index contributed by atoms with van der Waals surface area (Å²) in [5.74, 6) is 2.78. The van der Waals surface area contributed by atoms with Crippen LogP contribution in [0.4, 0.5) is 0 Å². The van der Waals surface area contributed by atoms with Crippen LogP contribution in [-0.4, -0.2) is 55.7 Å². The van der Waals surface area contributed by atoms with Crippen LogP contribution >= 0.6 is 0 Å². The first-order chi connectivity index (χ1) is 13.7. The van der Waals surface area contributed by atoms with Gasteiger partial charge in [0.1, 0.15) is 11.5 Å². The number of ether oxygens (including phenoxy) is 1. The monoisotopic (exact) mass is 382 g/mol. The molecule has 1 aromatic heterocycles. The largest absolute Gasteiger partial charge is 0.465 e. The minimum Gasteiger partial charge on any atom is -0.465 e. The number of piperidine rings is 1. The van der Waals surface area contributed by atoms with Crippen molar-refractivity contribution in [3.63, 3.8) is 0 Å². The van der Waals surface area contributed by atoms with Crippen molar-refractivity contribution >= 4 is 0 Å². The molecular weight excluding hydrogens is 348 g/mol. The lowest BCUT2D eigenvalue weighted by Gasteiger charge is -2.38. The Hall–Kier alpha value is -1.62. The third-order valence-corrected chi connectivity index (χ3v) is 6.40. The molecule has 1 atom stereocenters. The van der Waals surface area contributed by atoms with Gasteiger partial charge in [-0.25, -0.2) is 0 Å². The fourth-order valence-electron chi connectivity index (χ4n) is 4.98. The molecule has 0 spiro atoms. The number of nitrogens with zero attached hydrogens (tertiary/aromatic N) is 2. The molecule has 1 saturated heterocycles. The van der Waals surface area contributed by atoms with Crippen LogP contribution in [0.1, 0.15) is 35.5 Å². The first-order valence-corrected chi connectivity index (χ1v) is 10.8. The lowest BCUT2D eigenvalue weighted by Crippen LogP contribution is -2.46. The van der Waals surface area contributed by atoms with Gasteiger partial charge in [-0.2, -0.15) is 0 Å². The van der Waals surface area contributed by atoms with Crippen LogP contribution in [0.25, 0.3) is 0 Å². The number of aryl methyl sites for hydroxylation is 1. The first-order valence-electron chi connectivity index (χ1n) is 10.8. The SMILES string of the molecule is COCCN(Cc1ccc(C)o1)CC1CCCN(C2Cc3ccccc3C2)C1. The highest BCUT2D eigenvalue weighted by molar-refractivity contribution is 5.33. The average Bonchev–Trinajstić information content (AvgIpc) is 3.32. The molecule has 1 aliphatic carbocycles. The fourth-order valence-corrected chi connectivity index (χ4v) is 4.98. The van der Waals surface area contributed by atoms with Gasteiger partial charge >= 0.3 is 0 Å². The summed E-state index contributed by atoms with van der Waals surface area (Å²) in [6, 6.07) is 13.9. The molecule has 1 aliphatic heterocycles. The maximum atomic E-state index is 5.83. The molecule has 4 heteroatoms. The van der Waals surface area contributed by atoms with Crippen LogP contribution in [0.15, 0.2) is 40.8 Å². The van der Waals surface area contributed by atoms with Gasteiger partial charge in [0.15, 0.2) is 0 Å². The molecule has 1 aromatic carbocycles. The number of methoxy groups -OCH3 is 1. The molecule has 1 unspecified atom stereocenters. The second-order valence-electron chi connectivity index (χ2n) is 8.57. The summed E-state index contributed by atoms with van der Waals surface area (Å²) in [6.07, 6.45) is 5.09. The van der Waals surface area contributed by atoms with Crippen molar-refractivity contribution in [3.8, 4) is 0 Å². The fraction of sp³-hybridized carbons (Fsp3) is 0.583. The van der Waals surface area contributed by atoms with E-state index >= 15 is 0 Å². The van der Waals surface area contributed by atoms with E-state index in [0.29, 0.717) is 6.04 Å². The zero-order chi connectivity index (χ0) is 19.3. The number of hydrogen-bond donors (Lipinski definition) is 0. The van der Waals surface area contributed by atoms with E-state index in [-0.39, 0.29) is 0 Å². The van der Waals surface area contributed by atoms with Gasteiger partial charge in [0.05, 0.1) is 13.2 Å². The lowest BCUT2D eigenvalue weighted by molar-refractivity contribution is 0.0815. The Morgan fingerprint density at radius 3 is 2.61 bits per heavy atom. The summed E-state index contributed by atoms with van der Waals surface area (Å²) < 4.78 is 11.2. The molecule has 0 bridgehead atoms. The number of likely N-dealkylation sites (tertiary alicyclic amines) is 1. The molecule has 0 N–H and O–H groups in total. The summed E-state index contributed by atoms with van der Waals surface area (Å²) in [5, 5.41) is 0. The Bertz CT molecular complexity index is 732. The Kier molecular flexibility index (Phi) is 6.50. The Balaban J connectivity index is 1.34. The van der Waals surface area contributed by atoms with E-state index in [1.807, 2.05) is 6.92 Å². The highest BCUT2D eigenvalue weighted by Gasteiger charge is 2.31. The maximum absolute atomic E-state index is 5.83. The molecule has 1 fully saturated rings. The molecular formula is C24H34N2O2. The van der Waals surface area contributed by atoms with E-state index in [0.717, 1.165) is 43.7 Å². The molecule has 28 heavy (non-hydrogen) atoms. The van der Waals surface area contributed by atoms with E-state index in [2.05, 4.69) is 46.2 Å². The minimum atomic E-state index is 0.695. The van der Waals surface area contributed by atoms with Crippen LogP contribution < -0.4 is 0 Å². The van der Waals surface area contributed by atoms with E-state index in [9.17, 15) is 0 Å². The highest BCUT2D eigenvalue weighted by Crippen LogP contribution is 2.29. The van der Waals surface area contributed by atoms with Gasteiger partial charge in [0.2, 0.25) is 0 Å². The van der Waals surface area contributed by atoms with Crippen LogP contribution in [0.2, 0.25) is 0 Å². The Labute approximate surface area is 169 Å². The topological polar surface area (TPSA) is 28.9 Å². The second kappa shape index (κ2) is 9.25. The third kappa shape index (κ3) is 4.86. The van der Waals surface area contributed by atoms with E-state index in [1.165, 1.54) is 38.8 Å². The van der Waals surface area contributed by atoms with Crippen molar-refractivity contribution in [2.75, 3.05) is 39.9 Å². The van der Waals surface area contributed by atoms with Crippen LogP contribution in [0, 0.1) is 12.8 Å². The molecule has 2 heterocycles. The van der Waals surface area contributed by atoms with E-state index in [1.54, 1.807) is 18.2 Å². The molecule has 2 aromatic rings. The number of rotatable bonds is 8. The third-order valence-electron chi connectivity index (χ3n) is 6.40. The first kappa shape index (κ1) is 19.7. The summed E-state index contributed by atoms with van der Waals surface area (Å²) >= 11 is 0. The second-order valence-corrected chi connectivity index (χ2v) is 8.57. The minimum absolute atomic E-state index is 0.695. The van der Waals surface area contributed by atoms with Crippen molar-refractivity contribution in [3.05, 3.63) is 59.0 Å². The van der Waals surface area contributed by atoms with Gasteiger partial charge in [-0.1, -0.05) is 24.3 Å². The van der Waals surface area contributed by atoms with Gasteiger partial charge in [-0.15, -0.1) is 0 Å². The lowest BCUT2D eigenvalue weighted by atomic mass is 9.95. The summed E-state index contributed by atoms with van der Waals surface area (Å²) in [7, 11) is 1.79. The molecule has 152 valence electrons. The summed E-state index contributed by atoms with van der Waals surface area (Å²) in [5.41, 5.74) is 3.12. The van der Waals surface area contributed by atoms with Crippen molar-refractivity contribution in [2.45, 2.75) is 45.2 Å². The molecule has 2 aliphatic rings. The Morgan fingerprint density at radius 1 is 1.14 bits per heavy atom. The molecule has 4 rings (SSSR count). The summed E-state index contributed by atoms with van der Waals surface area (Å²) in [4.78, 5) is 5.28.